The maximum atomic E-state index is 12.0. The molecule has 1 aromatic heterocycles. The number of esters is 1. The van der Waals surface area contributed by atoms with E-state index in [0.29, 0.717) is 11.8 Å². The molecule has 1 saturated carbocycles. The van der Waals surface area contributed by atoms with E-state index in [4.69, 9.17) is 19.3 Å². The lowest BCUT2D eigenvalue weighted by Gasteiger charge is -2.21. The van der Waals surface area contributed by atoms with E-state index in [0.717, 1.165) is 41.2 Å². The van der Waals surface area contributed by atoms with Crippen molar-refractivity contribution in [1.29, 1.82) is 0 Å². The molecule has 0 atom stereocenters. The molecule has 2 aromatic carbocycles. The van der Waals surface area contributed by atoms with E-state index >= 15 is 0 Å². The number of hydrogen-bond acceptors (Lipinski definition) is 6. The fourth-order valence-electron chi connectivity index (χ4n) is 3.58. The number of anilines is 1. The van der Waals surface area contributed by atoms with Gasteiger partial charge in [0.05, 0.1) is 42.6 Å². The minimum atomic E-state index is -1.07. The van der Waals surface area contributed by atoms with Gasteiger partial charge in [0, 0.05) is 19.7 Å². The molecule has 4 rings (SSSR count). The molecule has 174 valence electrons. The summed E-state index contributed by atoms with van der Waals surface area (Å²) in [5, 5.41) is 4.86. The van der Waals surface area contributed by atoms with Gasteiger partial charge in [-0.25, -0.2) is 9.48 Å². The monoisotopic (exact) mass is 449 g/mol. The molecule has 0 N–H and O–H groups in total. The molecule has 7 heteroatoms. The van der Waals surface area contributed by atoms with Gasteiger partial charge in [-0.05, 0) is 57.0 Å². The molecule has 33 heavy (non-hydrogen) atoms. The van der Waals surface area contributed by atoms with Crippen LogP contribution in [0.5, 0.6) is 5.75 Å². The van der Waals surface area contributed by atoms with Crippen LogP contribution in [0.3, 0.4) is 0 Å². The summed E-state index contributed by atoms with van der Waals surface area (Å²) in [7, 11) is 5.37. The van der Waals surface area contributed by atoms with E-state index in [1.54, 1.807) is 13.8 Å². The summed E-state index contributed by atoms with van der Waals surface area (Å²) in [6, 6.07) is 18.2. The first-order valence-corrected chi connectivity index (χ1v) is 11.1. The smallest absolute Gasteiger partial charge is 0.337 e. The van der Waals surface area contributed by atoms with Crippen LogP contribution in [0, 0.1) is 0 Å². The molecule has 1 aliphatic carbocycles. The van der Waals surface area contributed by atoms with E-state index < -0.39 is 11.6 Å². The van der Waals surface area contributed by atoms with Crippen LogP contribution in [-0.4, -0.2) is 48.7 Å². The standard InChI is InChI=1S/C26H31N3O4/c1-26(2,25(30)31-5)32-17-19-16-24(18-9-8-10-21(15-18)33-20-13-14-20)29(27-19)23-12-7-6-11-22(23)28(3)4/h6-12,15-16,20H,13-14,17H2,1-5H3. The molecular formula is C26H31N3O4. The molecule has 0 saturated heterocycles. The Morgan fingerprint density at radius 2 is 1.88 bits per heavy atom. The highest BCUT2D eigenvalue weighted by atomic mass is 16.6. The molecule has 0 bridgehead atoms. The highest BCUT2D eigenvalue weighted by molar-refractivity contribution is 5.78. The molecule has 0 amide bonds. The van der Waals surface area contributed by atoms with Gasteiger partial charge in [0.25, 0.3) is 0 Å². The van der Waals surface area contributed by atoms with Crippen molar-refractivity contribution in [1.82, 2.24) is 9.78 Å². The summed E-state index contributed by atoms with van der Waals surface area (Å²) in [4.78, 5) is 14.1. The van der Waals surface area contributed by atoms with E-state index in [9.17, 15) is 4.79 Å². The lowest BCUT2D eigenvalue weighted by atomic mass is 10.1. The second kappa shape index (κ2) is 9.27. The number of carbonyl (C=O) groups is 1. The summed E-state index contributed by atoms with van der Waals surface area (Å²) in [6.07, 6.45) is 2.54. The zero-order valence-electron chi connectivity index (χ0n) is 19.9. The quantitative estimate of drug-likeness (QED) is 0.444. The molecule has 7 nitrogen and oxygen atoms in total. The number of methoxy groups -OCH3 is 1. The molecule has 0 radical (unpaired) electrons. The summed E-state index contributed by atoms with van der Waals surface area (Å²) in [5.74, 6) is 0.429. The predicted molar refractivity (Wildman–Crippen MR) is 128 cm³/mol. The Morgan fingerprint density at radius 3 is 2.58 bits per heavy atom. The Bertz CT molecular complexity index is 1130. The van der Waals surface area contributed by atoms with Crippen molar-refractivity contribution in [3.63, 3.8) is 0 Å². The van der Waals surface area contributed by atoms with Crippen LogP contribution in [0.1, 0.15) is 32.4 Å². The molecule has 0 spiro atoms. The molecule has 1 aliphatic rings. The van der Waals surface area contributed by atoms with E-state index in [1.165, 1.54) is 7.11 Å². The first-order chi connectivity index (χ1) is 15.8. The second-order valence-corrected chi connectivity index (χ2v) is 8.95. The topological polar surface area (TPSA) is 65.8 Å². The van der Waals surface area contributed by atoms with Crippen molar-refractivity contribution < 1.29 is 19.0 Å². The maximum Gasteiger partial charge on any atom is 0.337 e. The number of nitrogens with zero attached hydrogens (tertiary/aromatic N) is 3. The minimum absolute atomic E-state index is 0.171. The zero-order valence-corrected chi connectivity index (χ0v) is 19.9. The van der Waals surface area contributed by atoms with Crippen LogP contribution in [0.15, 0.2) is 54.6 Å². The van der Waals surface area contributed by atoms with Crippen LogP contribution in [0.4, 0.5) is 5.69 Å². The molecular weight excluding hydrogens is 418 g/mol. The first kappa shape index (κ1) is 22.9. The van der Waals surface area contributed by atoms with Gasteiger partial charge < -0.3 is 19.1 Å². The minimum Gasteiger partial charge on any atom is -0.490 e. The van der Waals surface area contributed by atoms with Gasteiger partial charge in [0.15, 0.2) is 5.60 Å². The van der Waals surface area contributed by atoms with Crippen molar-refractivity contribution in [3.8, 4) is 22.7 Å². The first-order valence-electron chi connectivity index (χ1n) is 11.1. The van der Waals surface area contributed by atoms with Crippen molar-refractivity contribution in [2.75, 3.05) is 26.1 Å². The highest BCUT2D eigenvalue weighted by Gasteiger charge is 2.30. The van der Waals surface area contributed by atoms with Crippen LogP contribution in [-0.2, 0) is 20.9 Å². The molecule has 0 aliphatic heterocycles. The third-order valence-electron chi connectivity index (χ3n) is 5.57. The van der Waals surface area contributed by atoms with E-state index in [-0.39, 0.29) is 6.61 Å². The van der Waals surface area contributed by atoms with Gasteiger partial charge in [-0.15, -0.1) is 0 Å². The lowest BCUT2D eigenvalue weighted by Crippen LogP contribution is -2.35. The zero-order chi connectivity index (χ0) is 23.6. The average molecular weight is 450 g/mol. The Labute approximate surface area is 194 Å². The number of carbonyl (C=O) groups excluding carboxylic acids is 1. The molecule has 1 heterocycles. The van der Waals surface area contributed by atoms with Gasteiger partial charge in [0.1, 0.15) is 5.75 Å². The Hall–Kier alpha value is -3.32. The largest absolute Gasteiger partial charge is 0.490 e. The fraction of sp³-hybridized carbons (Fsp3) is 0.385. The number of benzene rings is 2. The number of para-hydroxylation sites is 2. The Morgan fingerprint density at radius 1 is 1.12 bits per heavy atom. The third kappa shape index (κ3) is 5.20. The Kier molecular flexibility index (Phi) is 6.42. The lowest BCUT2D eigenvalue weighted by molar-refractivity contribution is -0.166. The normalized spacial score (nSPS) is 13.6. The summed E-state index contributed by atoms with van der Waals surface area (Å²) in [6.45, 7) is 3.55. The van der Waals surface area contributed by atoms with E-state index in [1.807, 2.05) is 61.2 Å². The van der Waals surface area contributed by atoms with Gasteiger partial charge in [0.2, 0.25) is 0 Å². The second-order valence-electron chi connectivity index (χ2n) is 8.95. The molecule has 0 unspecified atom stereocenters. The Balaban J connectivity index is 1.74. The number of hydrogen-bond donors (Lipinski definition) is 0. The summed E-state index contributed by atoms with van der Waals surface area (Å²) < 4.78 is 18.7. The predicted octanol–water partition coefficient (Wildman–Crippen LogP) is 4.61. The summed E-state index contributed by atoms with van der Waals surface area (Å²) in [5.41, 5.74) is 3.54. The average Bonchev–Trinajstić information content (AvgIpc) is 3.52. The van der Waals surface area contributed by atoms with Gasteiger partial charge in [-0.3, -0.25) is 0 Å². The highest BCUT2D eigenvalue weighted by Crippen LogP contribution is 2.33. The van der Waals surface area contributed by atoms with Gasteiger partial charge in [-0.2, -0.15) is 5.10 Å². The van der Waals surface area contributed by atoms with Crippen molar-refractivity contribution in [2.45, 2.75) is 45.0 Å². The molecule has 1 fully saturated rings. The number of aromatic nitrogens is 2. The maximum absolute atomic E-state index is 12.0. The van der Waals surface area contributed by atoms with Crippen LogP contribution < -0.4 is 9.64 Å². The van der Waals surface area contributed by atoms with Crippen molar-refractivity contribution in [3.05, 3.63) is 60.3 Å². The van der Waals surface area contributed by atoms with Crippen LogP contribution >= 0.6 is 0 Å². The fourth-order valence-corrected chi connectivity index (χ4v) is 3.58. The van der Waals surface area contributed by atoms with E-state index in [2.05, 4.69) is 17.0 Å². The van der Waals surface area contributed by atoms with Gasteiger partial charge in [-0.1, -0.05) is 24.3 Å². The van der Waals surface area contributed by atoms with Crippen molar-refractivity contribution in [2.24, 2.45) is 0 Å². The number of rotatable bonds is 9. The SMILES string of the molecule is COC(=O)C(C)(C)OCc1cc(-c2cccc(OC3CC3)c2)n(-c2ccccc2N(C)C)n1. The summed E-state index contributed by atoms with van der Waals surface area (Å²) >= 11 is 0. The van der Waals surface area contributed by atoms with Crippen molar-refractivity contribution >= 4 is 11.7 Å². The van der Waals surface area contributed by atoms with Crippen LogP contribution in [0.25, 0.3) is 16.9 Å². The van der Waals surface area contributed by atoms with Crippen LogP contribution in [0.2, 0.25) is 0 Å². The number of ether oxygens (including phenoxy) is 3. The molecule has 3 aromatic rings. The third-order valence-corrected chi connectivity index (χ3v) is 5.57. The van der Waals surface area contributed by atoms with Gasteiger partial charge >= 0.3 is 5.97 Å².